The molecule has 0 amide bonds. The molecule has 84 valence electrons. The highest BCUT2D eigenvalue weighted by atomic mass is 32.2. The van der Waals surface area contributed by atoms with Gasteiger partial charge in [-0.05, 0) is 36.1 Å². The second-order valence-corrected chi connectivity index (χ2v) is 6.50. The van der Waals surface area contributed by atoms with Crippen LogP contribution in [-0.2, 0) is 10.8 Å². The summed E-state index contributed by atoms with van der Waals surface area (Å²) in [7, 11) is -0.894. The number of rotatable bonds is 3. The smallest absolute Gasteiger partial charge is 0.0529 e. The molecule has 0 bridgehead atoms. The molecule has 0 aliphatic heterocycles. The van der Waals surface area contributed by atoms with Gasteiger partial charge in [0.25, 0.3) is 0 Å². The van der Waals surface area contributed by atoms with Crippen molar-refractivity contribution in [3.8, 4) is 0 Å². The summed E-state index contributed by atoms with van der Waals surface area (Å²) in [5.41, 5.74) is 6.53. The largest absolute Gasteiger partial charge is 0.399 e. The van der Waals surface area contributed by atoms with Crippen LogP contribution >= 0.6 is 0 Å². The van der Waals surface area contributed by atoms with Crippen molar-refractivity contribution in [2.45, 2.75) is 32.1 Å². The number of hydrogen-bond acceptors (Lipinski definition) is 2. The van der Waals surface area contributed by atoms with Crippen LogP contribution in [0.15, 0.2) is 29.2 Å². The molecular formula is C12H19NOS. The van der Waals surface area contributed by atoms with E-state index in [9.17, 15) is 4.21 Å². The predicted molar refractivity (Wildman–Crippen MR) is 66.2 cm³/mol. The van der Waals surface area contributed by atoms with Crippen LogP contribution in [0.3, 0.4) is 0 Å². The molecule has 1 unspecified atom stereocenters. The highest BCUT2D eigenvalue weighted by molar-refractivity contribution is 7.85. The molecule has 2 nitrogen and oxygen atoms in total. The van der Waals surface area contributed by atoms with E-state index in [1.54, 1.807) is 12.1 Å². The maximum atomic E-state index is 11.9. The Hall–Kier alpha value is -0.830. The predicted octanol–water partition coefficient (Wildman–Crippen LogP) is 2.81. The first kappa shape index (κ1) is 12.2. The fourth-order valence-electron chi connectivity index (χ4n) is 1.14. The van der Waals surface area contributed by atoms with Crippen LogP contribution in [0.5, 0.6) is 0 Å². The number of nitrogens with two attached hydrogens (primary N) is 1. The van der Waals surface area contributed by atoms with Gasteiger partial charge in [0.15, 0.2) is 0 Å². The second-order valence-electron chi connectivity index (χ2n) is 4.93. The van der Waals surface area contributed by atoms with Crippen molar-refractivity contribution >= 4 is 16.5 Å². The number of benzene rings is 1. The molecule has 1 atom stereocenters. The fraction of sp³-hybridized carbons (Fsp3) is 0.500. The van der Waals surface area contributed by atoms with Crippen molar-refractivity contribution in [1.29, 1.82) is 0 Å². The molecule has 0 heterocycles. The van der Waals surface area contributed by atoms with Gasteiger partial charge >= 0.3 is 0 Å². The SMILES string of the molecule is CC(C)(C)CCS(=O)c1ccc(N)cc1. The fourth-order valence-corrected chi connectivity index (χ4v) is 2.61. The zero-order chi connectivity index (χ0) is 11.5. The van der Waals surface area contributed by atoms with Gasteiger partial charge in [-0.25, -0.2) is 0 Å². The standard InChI is InChI=1S/C12H19NOS/c1-12(2,3)8-9-15(14)11-6-4-10(13)5-7-11/h4-7H,8-9,13H2,1-3H3. The van der Waals surface area contributed by atoms with Gasteiger partial charge in [-0.15, -0.1) is 0 Å². The Labute approximate surface area is 94.3 Å². The second kappa shape index (κ2) is 4.79. The van der Waals surface area contributed by atoms with Crippen LogP contribution in [0, 0.1) is 5.41 Å². The number of nitrogen functional groups attached to an aromatic ring is 1. The summed E-state index contributed by atoms with van der Waals surface area (Å²) in [6.07, 6.45) is 0.962. The van der Waals surface area contributed by atoms with Gasteiger partial charge in [0.2, 0.25) is 0 Å². The first-order valence-corrected chi connectivity index (χ1v) is 6.44. The first-order valence-electron chi connectivity index (χ1n) is 5.12. The molecule has 0 saturated carbocycles. The minimum absolute atomic E-state index is 0.240. The Morgan fingerprint density at radius 2 is 1.73 bits per heavy atom. The molecule has 3 heteroatoms. The molecule has 0 fully saturated rings. The van der Waals surface area contributed by atoms with E-state index < -0.39 is 10.8 Å². The van der Waals surface area contributed by atoms with Crippen LogP contribution in [0.2, 0.25) is 0 Å². The Balaban J connectivity index is 2.58. The van der Waals surface area contributed by atoms with Gasteiger partial charge < -0.3 is 5.73 Å². The van der Waals surface area contributed by atoms with E-state index in [2.05, 4.69) is 20.8 Å². The lowest BCUT2D eigenvalue weighted by molar-refractivity contribution is 0.400. The molecule has 1 aromatic rings. The highest BCUT2D eigenvalue weighted by Crippen LogP contribution is 2.20. The summed E-state index contributed by atoms with van der Waals surface area (Å²) in [4.78, 5) is 0.869. The molecule has 0 aromatic heterocycles. The lowest BCUT2D eigenvalue weighted by Crippen LogP contribution is -2.10. The lowest BCUT2D eigenvalue weighted by atomic mass is 9.94. The average Bonchev–Trinajstić information content (AvgIpc) is 2.14. The monoisotopic (exact) mass is 225 g/mol. The van der Waals surface area contributed by atoms with Crippen molar-refractivity contribution in [3.63, 3.8) is 0 Å². The van der Waals surface area contributed by atoms with Crippen LogP contribution in [0.1, 0.15) is 27.2 Å². The van der Waals surface area contributed by atoms with Crippen LogP contribution in [-0.4, -0.2) is 9.96 Å². The van der Waals surface area contributed by atoms with Crippen molar-refractivity contribution in [2.75, 3.05) is 11.5 Å². The maximum Gasteiger partial charge on any atom is 0.0529 e. The summed E-state index contributed by atoms with van der Waals surface area (Å²) < 4.78 is 11.9. The zero-order valence-electron chi connectivity index (χ0n) is 9.62. The Morgan fingerprint density at radius 1 is 1.20 bits per heavy atom. The zero-order valence-corrected chi connectivity index (χ0v) is 10.4. The maximum absolute atomic E-state index is 11.9. The molecule has 0 saturated heterocycles. The molecular weight excluding hydrogens is 206 g/mol. The van der Waals surface area contributed by atoms with Crippen LogP contribution in [0.4, 0.5) is 5.69 Å². The van der Waals surface area contributed by atoms with Crippen molar-refractivity contribution in [1.82, 2.24) is 0 Å². The molecule has 2 N–H and O–H groups in total. The summed E-state index contributed by atoms with van der Waals surface area (Å²) in [6.45, 7) is 6.48. The molecule has 0 aliphatic carbocycles. The van der Waals surface area contributed by atoms with E-state index in [-0.39, 0.29) is 5.41 Å². The quantitative estimate of drug-likeness (QED) is 0.804. The molecule has 0 radical (unpaired) electrons. The minimum atomic E-state index is -0.894. The van der Waals surface area contributed by atoms with E-state index in [4.69, 9.17) is 5.73 Å². The molecule has 1 aromatic carbocycles. The molecule has 0 spiro atoms. The summed E-state index contributed by atoms with van der Waals surface area (Å²) in [6, 6.07) is 7.27. The summed E-state index contributed by atoms with van der Waals surface area (Å²) in [5.74, 6) is 0.716. The highest BCUT2D eigenvalue weighted by Gasteiger charge is 2.12. The van der Waals surface area contributed by atoms with Gasteiger partial charge in [0, 0.05) is 16.3 Å². The van der Waals surface area contributed by atoms with Gasteiger partial charge in [0.05, 0.1) is 10.8 Å². The summed E-state index contributed by atoms with van der Waals surface area (Å²) in [5, 5.41) is 0. The molecule has 0 aliphatic rings. The minimum Gasteiger partial charge on any atom is -0.399 e. The Morgan fingerprint density at radius 3 is 2.20 bits per heavy atom. The third kappa shape index (κ3) is 4.47. The Bertz CT molecular complexity index is 338. The van der Waals surface area contributed by atoms with E-state index in [0.717, 1.165) is 11.3 Å². The summed E-state index contributed by atoms with van der Waals surface area (Å²) >= 11 is 0. The molecule has 1 rings (SSSR count). The lowest BCUT2D eigenvalue weighted by Gasteiger charge is -2.17. The van der Waals surface area contributed by atoms with E-state index in [1.165, 1.54) is 0 Å². The van der Waals surface area contributed by atoms with Crippen molar-refractivity contribution in [2.24, 2.45) is 5.41 Å². The van der Waals surface area contributed by atoms with Gasteiger partial charge in [-0.2, -0.15) is 0 Å². The number of anilines is 1. The van der Waals surface area contributed by atoms with E-state index >= 15 is 0 Å². The van der Waals surface area contributed by atoms with E-state index in [0.29, 0.717) is 11.4 Å². The van der Waals surface area contributed by atoms with Gasteiger partial charge in [0.1, 0.15) is 0 Å². The molecule has 15 heavy (non-hydrogen) atoms. The Kier molecular flexibility index (Phi) is 3.91. The first-order chi connectivity index (χ1) is 6.88. The van der Waals surface area contributed by atoms with Gasteiger partial charge in [-0.3, -0.25) is 4.21 Å². The van der Waals surface area contributed by atoms with Gasteiger partial charge in [-0.1, -0.05) is 20.8 Å². The van der Waals surface area contributed by atoms with Crippen LogP contribution in [0.25, 0.3) is 0 Å². The third-order valence-electron chi connectivity index (χ3n) is 2.18. The normalized spacial score (nSPS) is 13.8. The topological polar surface area (TPSA) is 43.1 Å². The number of hydrogen-bond donors (Lipinski definition) is 1. The van der Waals surface area contributed by atoms with Crippen molar-refractivity contribution < 1.29 is 4.21 Å². The van der Waals surface area contributed by atoms with Crippen molar-refractivity contribution in [3.05, 3.63) is 24.3 Å². The average molecular weight is 225 g/mol. The third-order valence-corrected chi connectivity index (χ3v) is 3.55. The van der Waals surface area contributed by atoms with E-state index in [1.807, 2.05) is 12.1 Å². The van der Waals surface area contributed by atoms with Crippen LogP contribution < -0.4 is 5.73 Å².